The highest BCUT2D eigenvalue weighted by molar-refractivity contribution is 6.16. The Morgan fingerprint density at radius 2 is 1.68 bits per heavy atom. The van der Waals surface area contributed by atoms with Gasteiger partial charge in [-0.2, -0.15) is 0 Å². The normalized spacial score (nSPS) is 28.0. The van der Waals surface area contributed by atoms with Crippen molar-refractivity contribution in [2.24, 2.45) is 0 Å². The van der Waals surface area contributed by atoms with Crippen LogP contribution in [0.25, 0.3) is 0 Å². The topological polar surface area (TPSA) is 154 Å². The molecule has 4 rings (SSSR count). The van der Waals surface area contributed by atoms with E-state index in [1.165, 1.54) is 24.3 Å². The van der Waals surface area contributed by atoms with Gasteiger partial charge in [0.25, 0.3) is 0 Å². The third-order valence-corrected chi connectivity index (χ3v) is 6.08. The molecule has 1 aliphatic heterocycles. The zero-order valence-electron chi connectivity index (χ0n) is 18.8. The number of fused-ring (bicyclic) bond motifs is 2. The van der Waals surface area contributed by atoms with Gasteiger partial charge in [-0.25, -0.2) is 4.79 Å². The van der Waals surface area contributed by atoms with E-state index in [1.807, 2.05) is 0 Å². The summed E-state index contributed by atoms with van der Waals surface area (Å²) in [5.41, 5.74) is 1.71. The molecule has 2 aromatic rings. The van der Waals surface area contributed by atoms with Gasteiger partial charge in [0.05, 0.1) is 11.1 Å². The molecule has 0 bridgehead atoms. The van der Waals surface area contributed by atoms with E-state index in [0.29, 0.717) is 22.3 Å². The van der Waals surface area contributed by atoms with E-state index in [4.69, 9.17) is 9.47 Å². The van der Waals surface area contributed by atoms with Crippen LogP contribution in [-0.4, -0.2) is 68.0 Å². The number of allylic oxidation sites excluding steroid dienone is 1. The van der Waals surface area contributed by atoms with Crippen molar-refractivity contribution in [3.05, 3.63) is 69.8 Å². The Bertz CT molecular complexity index is 1180. The summed E-state index contributed by atoms with van der Waals surface area (Å²) in [5, 5.41) is 53.0. The number of aliphatic hydroxyl groups is 3. The van der Waals surface area contributed by atoms with Crippen LogP contribution >= 0.6 is 0 Å². The quantitative estimate of drug-likeness (QED) is 0.331. The first-order valence-electron chi connectivity index (χ1n) is 10.8. The van der Waals surface area contributed by atoms with Gasteiger partial charge in [0, 0.05) is 12.0 Å². The van der Waals surface area contributed by atoms with E-state index in [0.717, 1.165) is 0 Å². The summed E-state index contributed by atoms with van der Waals surface area (Å²) in [6.45, 7) is 5.05. The number of hydrogen-bond acceptors (Lipinski definition) is 9. The highest BCUT2D eigenvalue weighted by Crippen LogP contribution is 2.47. The number of benzene rings is 2. The van der Waals surface area contributed by atoms with Gasteiger partial charge in [-0.1, -0.05) is 23.8 Å². The summed E-state index contributed by atoms with van der Waals surface area (Å²) in [6, 6.07) is 7.45. The average Bonchev–Trinajstić information content (AvgIpc) is 2.73. The maximum Gasteiger partial charge on any atom is 0.331 e. The van der Waals surface area contributed by atoms with Gasteiger partial charge in [0.1, 0.15) is 29.8 Å². The van der Waals surface area contributed by atoms with Crippen LogP contribution in [0.15, 0.2) is 42.0 Å². The smallest absolute Gasteiger partial charge is 0.331 e. The lowest BCUT2D eigenvalue weighted by molar-refractivity contribution is -0.286. The average molecular weight is 470 g/mol. The number of aromatic hydroxyl groups is 2. The van der Waals surface area contributed by atoms with Crippen molar-refractivity contribution in [1.29, 1.82) is 0 Å². The SMILES string of the molecule is CC(C)=CC(=O)O[C@@H]1[C@@H](O)[C@@H]([C@H]2c3cccc(O)c3C(=O)c3c(O)cc(C)cc32)O[C@H](O)[C@H]1O. The molecule has 34 heavy (non-hydrogen) atoms. The van der Waals surface area contributed by atoms with Crippen molar-refractivity contribution in [2.75, 3.05) is 0 Å². The minimum absolute atomic E-state index is 0.0703. The van der Waals surface area contributed by atoms with E-state index >= 15 is 0 Å². The molecule has 9 nitrogen and oxygen atoms in total. The highest BCUT2D eigenvalue weighted by atomic mass is 16.6. The number of carbonyl (C=O) groups is 2. The molecule has 2 aliphatic rings. The standard InChI is InChI=1S/C25H26O9/c1-10(2)7-16(28)33-24-21(30)23(34-25(32)22(24)31)17-12-5-4-6-14(26)18(12)20(29)19-13(17)8-11(3)9-15(19)27/h4-9,17,21-27,30-32H,1-3H3/t17-,21-,22-,23+,24+,25-/m0/s1. The number of hydrogen-bond donors (Lipinski definition) is 5. The van der Waals surface area contributed by atoms with Crippen LogP contribution in [0.3, 0.4) is 0 Å². The Morgan fingerprint density at radius 3 is 2.35 bits per heavy atom. The summed E-state index contributed by atoms with van der Waals surface area (Å²) >= 11 is 0. The number of rotatable bonds is 3. The zero-order valence-corrected chi connectivity index (χ0v) is 18.8. The molecule has 6 atom stereocenters. The van der Waals surface area contributed by atoms with Crippen LogP contribution in [0.1, 0.15) is 52.4 Å². The fourth-order valence-corrected chi connectivity index (χ4v) is 4.69. The van der Waals surface area contributed by atoms with Crippen molar-refractivity contribution in [2.45, 2.75) is 57.4 Å². The molecular formula is C25H26O9. The molecular weight excluding hydrogens is 444 g/mol. The van der Waals surface area contributed by atoms with Crippen LogP contribution in [0, 0.1) is 6.92 Å². The minimum Gasteiger partial charge on any atom is -0.507 e. The molecule has 0 aromatic heterocycles. The number of aliphatic hydroxyl groups excluding tert-OH is 3. The second-order valence-corrected chi connectivity index (χ2v) is 8.89. The molecule has 0 unspecified atom stereocenters. The van der Waals surface area contributed by atoms with Gasteiger partial charge in [0.2, 0.25) is 5.78 Å². The number of carbonyl (C=O) groups excluding carboxylic acids is 2. The van der Waals surface area contributed by atoms with Gasteiger partial charge >= 0.3 is 5.97 Å². The first kappa shape index (κ1) is 23.9. The minimum atomic E-state index is -1.82. The van der Waals surface area contributed by atoms with E-state index in [1.54, 1.807) is 32.9 Å². The van der Waals surface area contributed by atoms with Crippen molar-refractivity contribution in [1.82, 2.24) is 0 Å². The van der Waals surface area contributed by atoms with E-state index in [-0.39, 0.29) is 22.6 Å². The number of phenolic OH excluding ortho intramolecular Hbond substituents is 2. The fourth-order valence-electron chi connectivity index (χ4n) is 4.69. The third-order valence-electron chi connectivity index (χ3n) is 6.08. The molecule has 0 saturated carbocycles. The molecule has 180 valence electrons. The number of ether oxygens (including phenoxy) is 2. The lowest BCUT2D eigenvalue weighted by Crippen LogP contribution is -2.60. The second kappa shape index (κ2) is 8.84. The van der Waals surface area contributed by atoms with Gasteiger partial charge in [0.15, 0.2) is 12.4 Å². The van der Waals surface area contributed by atoms with E-state index < -0.39 is 48.4 Å². The van der Waals surface area contributed by atoms with E-state index in [9.17, 15) is 35.1 Å². The maximum atomic E-state index is 13.2. The molecule has 5 N–H and O–H groups in total. The first-order chi connectivity index (χ1) is 16.0. The second-order valence-electron chi connectivity index (χ2n) is 8.89. The Balaban J connectivity index is 1.86. The van der Waals surface area contributed by atoms with Crippen LogP contribution < -0.4 is 0 Å². The molecule has 2 aromatic carbocycles. The molecule has 1 saturated heterocycles. The lowest BCUT2D eigenvalue weighted by Gasteiger charge is -2.44. The van der Waals surface area contributed by atoms with Crippen molar-refractivity contribution < 1.29 is 44.6 Å². The summed E-state index contributed by atoms with van der Waals surface area (Å²) < 4.78 is 10.9. The summed E-state index contributed by atoms with van der Waals surface area (Å²) in [5.74, 6) is -3.01. The highest BCUT2D eigenvalue weighted by Gasteiger charge is 2.52. The molecule has 1 heterocycles. The predicted octanol–water partition coefficient (Wildman–Crippen LogP) is 1.40. The van der Waals surface area contributed by atoms with E-state index in [2.05, 4.69) is 0 Å². The third kappa shape index (κ3) is 3.97. The van der Waals surface area contributed by atoms with Gasteiger partial charge < -0.3 is 35.0 Å². The Morgan fingerprint density at radius 1 is 1.00 bits per heavy atom. The molecule has 1 fully saturated rings. The van der Waals surface area contributed by atoms with Crippen molar-refractivity contribution in [3.63, 3.8) is 0 Å². The summed E-state index contributed by atoms with van der Waals surface area (Å²) in [6.07, 6.45) is -6.86. The van der Waals surface area contributed by atoms with Crippen LogP contribution in [0.5, 0.6) is 11.5 Å². The Hall–Kier alpha value is -3.24. The van der Waals surface area contributed by atoms with Gasteiger partial charge in [-0.15, -0.1) is 0 Å². The monoisotopic (exact) mass is 470 g/mol. The maximum absolute atomic E-state index is 13.2. The van der Waals surface area contributed by atoms with Crippen molar-refractivity contribution >= 4 is 11.8 Å². The van der Waals surface area contributed by atoms with Gasteiger partial charge in [-0.05, 0) is 49.6 Å². The first-order valence-corrected chi connectivity index (χ1v) is 10.8. The number of esters is 1. The number of aryl methyl sites for hydroxylation is 1. The Kier molecular flexibility index (Phi) is 6.22. The zero-order chi connectivity index (χ0) is 24.9. The molecule has 1 aliphatic carbocycles. The van der Waals surface area contributed by atoms with Gasteiger partial charge in [-0.3, -0.25) is 4.79 Å². The van der Waals surface area contributed by atoms with Crippen molar-refractivity contribution in [3.8, 4) is 11.5 Å². The summed E-state index contributed by atoms with van der Waals surface area (Å²) in [4.78, 5) is 25.4. The number of phenols is 2. The van der Waals surface area contributed by atoms with Crippen LogP contribution in [0.4, 0.5) is 0 Å². The number of ketones is 1. The lowest BCUT2D eigenvalue weighted by atomic mass is 9.71. The van der Waals surface area contributed by atoms with Crippen LogP contribution in [-0.2, 0) is 14.3 Å². The fraction of sp³-hybridized carbons (Fsp3) is 0.360. The van der Waals surface area contributed by atoms with Crippen LogP contribution in [0.2, 0.25) is 0 Å². The summed E-state index contributed by atoms with van der Waals surface area (Å²) in [7, 11) is 0. The molecule has 0 radical (unpaired) electrons. The molecule has 0 amide bonds. The molecule has 9 heteroatoms. The predicted molar refractivity (Wildman–Crippen MR) is 118 cm³/mol. The molecule has 0 spiro atoms. The largest absolute Gasteiger partial charge is 0.507 e. The Labute approximate surface area is 195 Å².